The van der Waals surface area contributed by atoms with Gasteiger partial charge >= 0.3 is 0 Å². The van der Waals surface area contributed by atoms with Crippen LogP contribution < -0.4 is 10.6 Å². The Morgan fingerprint density at radius 2 is 1.95 bits per heavy atom. The molecule has 1 aliphatic heterocycles. The fourth-order valence-corrected chi connectivity index (χ4v) is 2.87. The molecular formula is C16H25N3S. The lowest BCUT2D eigenvalue weighted by Crippen LogP contribution is -2.47. The summed E-state index contributed by atoms with van der Waals surface area (Å²) < 4.78 is 0. The second-order valence-corrected chi connectivity index (χ2v) is 5.84. The largest absolute Gasteiger partial charge is 0.360 e. The lowest BCUT2D eigenvalue weighted by molar-refractivity contribution is 0.206. The summed E-state index contributed by atoms with van der Waals surface area (Å²) in [6, 6.07) is 10.9. The van der Waals surface area contributed by atoms with Gasteiger partial charge in [0.25, 0.3) is 0 Å². The van der Waals surface area contributed by atoms with Crippen molar-refractivity contribution in [3.63, 3.8) is 0 Å². The maximum absolute atomic E-state index is 5.38. The minimum atomic E-state index is 0.527. The molecule has 0 unspecified atom stereocenters. The van der Waals surface area contributed by atoms with E-state index in [1.807, 2.05) is 6.07 Å². The van der Waals surface area contributed by atoms with Crippen molar-refractivity contribution in [1.82, 2.24) is 15.5 Å². The molecule has 110 valence electrons. The number of nitrogens with zero attached hydrogens (tertiary/aromatic N) is 1. The molecule has 1 aromatic carbocycles. The normalized spacial score (nSPS) is 16.9. The fourth-order valence-electron chi connectivity index (χ4n) is 2.63. The van der Waals surface area contributed by atoms with E-state index in [0.29, 0.717) is 6.04 Å². The monoisotopic (exact) mass is 291 g/mol. The van der Waals surface area contributed by atoms with E-state index in [9.17, 15) is 0 Å². The molecule has 0 aromatic heterocycles. The molecule has 4 heteroatoms. The summed E-state index contributed by atoms with van der Waals surface area (Å²) in [4.78, 5) is 2.54. The first-order valence-corrected chi connectivity index (χ1v) is 7.99. The van der Waals surface area contributed by atoms with E-state index in [4.69, 9.17) is 12.2 Å². The Bertz CT molecular complexity index is 399. The zero-order chi connectivity index (χ0) is 14.2. The van der Waals surface area contributed by atoms with Gasteiger partial charge in [-0.05, 0) is 43.6 Å². The van der Waals surface area contributed by atoms with Crippen LogP contribution in [0.15, 0.2) is 30.3 Å². The third-order valence-corrected chi connectivity index (χ3v) is 4.02. The molecule has 1 fully saturated rings. The van der Waals surface area contributed by atoms with Gasteiger partial charge in [0, 0.05) is 25.7 Å². The highest BCUT2D eigenvalue weighted by molar-refractivity contribution is 7.80. The summed E-state index contributed by atoms with van der Waals surface area (Å²) in [7, 11) is 0. The number of hydrogen-bond acceptors (Lipinski definition) is 2. The Balaban J connectivity index is 1.65. The summed E-state index contributed by atoms with van der Waals surface area (Å²) in [5.41, 5.74) is 1.26. The first-order valence-electron chi connectivity index (χ1n) is 7.58. The number of rotatable bonds is 5. The van der Waals surface area contributed by atoms with Gasteiger partial charge in [-0.1, -0.05) is 37.3 Å². The lowest BCUT2D eigenvalue weighted by Gasteiger charge is -2.32. The molecule has 1 aliphatic rings. The summed E-state index contributed by atoms with van der Waals surface area (Å²) in [5, 5.41) is 7.52. The van der Waals surface area contributed by atoms with Crippen molar-refractivity contribution in [2.45, 2.75) is 38.8 Å². The number of likely N-dealkylation sites (tertiary alicyclic amines) is 1. The molecule has 2 N–H and O–H groups in total. The molecule has 20 heavy (non-hydrogen) atoms. The second-order valence-electron chi connectivity index (χ2n) is 5.43. The van der Waals surface area contributed by atoms with Crippen LogP contribution in [0.1, 0.15) is 31.7 Å². The molecule has 3 nitrogen and oxygen atoms in total. The van der Waals surface area contributed by atoms with Gasteiger partial charge in [-0.25, -0.2) is 0 Å². The first-order chi connectivity index (χ1) is 9.78. The van der Waals surface area contributed by atoms with Crippen LogP contribution in [0.3, 0.4) is 0 Å². The third kappa shape index (κ3) is 5.10. The number of nitrogens with one attached hydrogen (secondary N) is 2. The van der Waals surface area contributed by atoms with Crippen molar-refractivity contribution in [2.75, 3.05) is 19.6 Å². The average molecular weight is 291 g/mol. The van der Waals surface area contributed by atoms with E-state index in [-0.39, 0.29) is 0 Å². The van der Waals surface area contributed by atoms with Gasteiger partial charge in [0.1, 0.15) is 0 Å². The summed E-state index contributed by atoms with van der Waals surface area (Å²) in [6.45, 7) is 6.64. The number of benzene rings is 1. The Morgan fingerprint density at radius 1 is 1.25 bits per heavy atom. The number of piperidine rings is 1. The molecule has 0 saturated carbocycles. The molecule has 0 aliphatic carbocycles. The summed E-state index contributed by atoms with van der Waals surface area (Å²) in [6.07, 6.45) is 3.62. The SMILES string of the molecule is CCCN1CCC(NC(=S)NCc2ccccc2)CC1. The van der Waals surface area contributed by atoms with Crippen LogP contribution in [-0.4, -0.2) is 35.7 Å². The van der Waals surface area contributed by atoms with E-state index >= 15 is 0 Å². The Labute approximate surface area is 127 Å². The van der Waals surface area contributed by atoms with Crippen LogP contribution in [0, 0.1) is 0 Å². The summed E-state index contributed by atoms with van der Waals surface area (Å²) >= 11 is 5.38. The molecule has 2 rings (SSSR count). The predicted molar refractivity (Wildman–Crippen MR) is 88.8 cm³/mol. The maximum atomic E-state index is 5.38. The topological polar surface area (TPSA) is 27.3 Å². The molecule has 0 amide bonds. The second kappa shape index (κ2) is 8.22. The van der Waals surface area contributed by atoms with Gasteiger partial charge in [0.2, 0.25) is 0 Å². The van der Waals surface area contributed by atoms with Crippen molar-refractivity contribution in [1.29, 1.82) is 0 Å². The molecule has 1 saturated heterocycles. The van der Waals surface area contributed by atoms with E-state index < -0.39 is 0 Å². The lowest BCUT2D eigenvalue weighted by atomic mass is 10.1. The first kappa shape index (κ1) is 15.3. The molecular weight excluding hydrogens is 266 g/mol. The number of thiocarbonyl (C=S) groups is 1. The van der Waals surface area contributed by atoms with Gasteiger partial charge in [0.15, 0.2) is 5.11 Å². The van der Waals surface area contributed by atoms with Crippen molar-refractivity contribution in [3.8, 4) is 0 Å². The van der Waals surface area contributed by atoms with Crippen LogP contribution in [0.5, 0.6) is 0 Å². The quantitative estimate of drug-likeness (QED) is 0.815. The zero-order valence-corrected chi connectivity index (χ0v) is 13.1. The van der Waals surface area contributed by atoms with Crippen molar-refractivity contribution in [3.05, 3.63) is 35.9 Å². The Hall–Kier alpha value is -1.13. The molecule has 0 spiro atoms. The van der Waals surface area contributed by atoms with Gasteiger partial charge < -0.3 is 15.5 Å². The van der Waals surface area contributed by atoms with Crippen LogP contribution in [0.25, 0.3) is 0 Å². The number of hydrogen-bond donors (Lipinski definition) is 2. The molecule has 1 aromatic rings. The fraction of sp³-hybridized carbons (Fsp3) is 0.562. The molecule has 1 heterocycles. The van der Waals surface area contributed by atoms with Gasteiger partial charge in [-0.2, -0.15) is 0 Å². The van der Waals surface area contributed by atoms with Crippen molar-refractivity contribution in [2.24, 2.45) is 0 Å². The maximum Gasteiger partial charge on any atom is 0.166 e. The van der Waals surface area contributed by atoms with Gasteiger partial charge in [-0.3, -0.25) is 0 Å². The van der Waals surface area contributed by atoms with E-state index in [0.717, 1.165) is 11.7 Å². The smallest absolute Gasteiger partial charge is 0.166 e. The third-order valence-electron chi connectivity index (χ3n) is 3.76. The van der Waals surface area contributed by atoms with Gasteiger partial charge in [0.05, 0.1) is 0 Å². The van der Waals surface area contributed by atoms with E-state index in [1.165, 1.54) is 44.5 Å². The van der Waals surface area contributed by atoms with Crippen LogP contribution in [-0.2, 0) is 6.54 Å². The molecule has 0 bridgehead atoms. The highest BCUT2D eigenvalue weighted by atomic mass is 32.1. The minimum absolute atomic E-state index is 0.527. The Kier molecular flexibility index (Phi) is 6.27. The van der Waals surface area contributed by atoms with Crippen molar-refractivity contribution < 1.29 is 0 Å². The van der Waals surface area contributed by atoms with Crippen LogP contribution in [0.2, 0.25) is 0 Å². The summed E-state index contributed by atoms with van der Waals surface area (Å²) in [5.74, 6) is 0. The molecule has 0 radical (unpaired) electrons. The molecule has 0 atom stereocenters. The minimum Gasteiger partial charge on any atom is -0.360 e. The van der Waals surface area contributed by atoms with E-state index in [2.05, 4.69) is 46.7 Å². The predicted octanol–water partition coefficient (Wildman–Crippen LogP) is 2.53. The van der Waals surface area contributed by atoms with Crippen molar-refractivity contribution >= 4 is 17.3 Å². The van der Waals surface area contributed by atoms with Gasteiger partial charge in [-0.15, -0.1) is 0 Å². The van der Waals surface area contributed by atoms with Crippen LogP contribution in [0.4, 0.5) is 0 Å². The highest BCUT2D eigenvalue weighted by Crippen LogP contribution is 2.10. The van der Waals surface area contributed by atoms with Crippen LogP contribution >= 0.6 is 12.2 Å². The van der Waals surface area contributed by atoms with E-state index in [1.54, 1.807) is 0 Å². The highest BCUT2D eigenvalue weighted by Gasteiger charge is 2.18. The Morgan fingerprint density at radius 3 is 2.60 bits per heavy atom. The zero-order valence-electron chi connectivity index (χ0n) is 12.3. The average Bonchev–Trinajstić information content (AvgIpc) is 2.49. The standard InChI is InChI=1S/C16H25N3S/c1-2-10-19-11-8-15(9-12-19)18-16(20)17-13-14-6-4-3-5-7-14/h3-7,15H,2,8-13H2,1H3,(H2,17,18,20).